The van der Waals surface area contributed by atoms with Gasteiger partial charge in [-0.2, -0.15) is 10.5 Å². The lowest BCUT2D eigenvalue weighted by molar-refractivity contribution is -0.386. The van der Waals surface area contributed by atoms with Gasteiger partial charge in [-0.05, 0) is 19.1 Å². The fourth-order valence-electron chi connectivity index (χ4n) is 1.40. The fourth-order valence-corrected chi connectivity index (χ4v) is 1.40. The minimum atomic E-state index is -0.525. The summed E-state index contributed by atoms with van der Waals surface area (Å²) in [6.45, 7) is 1.56. The van der Waals surface area contributed by atoms with Gasteiger partial charge in [-0.15, -0.1) is 0 Å². The molecule has 0 unspecified atom stereocenters. The fraction of sp³-hybridized carbons (Fsp3) is 0.200. The molecule has 0 atom stereocenters. The highest BCUT2D eigenvalue weighted by Crippen LogP contribution is 2.25. The highest BCUT2D eigenvalue weighted by Gasteiger charge is 2.18. The van der Waals surface area contributed by atoms with Crippen molar-refractivity contribution in [3.63, 3.8) is 0 Å². The summed E-state index contributed by atoms with van der Waals surface area (Å²) >= 11 is 0. The summed E-state index contributed by atoms with van der Waals surface area (Å²) in [5.41, 5.74) is 0.960. The molecule has 0 amide bonds. The summed E-state index contributed by atoms with van der Waals surface area (Å²) in [5.74, 6) is 0. The van der Waals surface area contributed by atoms with E-state index in [1.54, 1.807) is 6.92 Å². The smallest absolute Gasteiger partial charge is 0.258 e. The number of hydrogen-bond donors (Lipinski definition) is 0. The zero-order chi connectivity index (χ0) is 11.4. The molecule has 0 spiro atoms. The van der Waals surface area contributed by atoms with Crippen LogP contribution in [0, 0.1) is 39.7 Å². The maximum absolute atomic E-state index is 10.7. The minimum Gasteiger partial charge on any atom is -0.258 e. The van der Waals surface area contributed by atoms with Crippen molar-refractivity contribution >= 4 is 5.69 Å². The van der Waals surface area contributed by atoms with E-state index in [0.29, 0.717) is 16.7 Å². The van der Waals surface area contributed by atoms with Crippen LogP contribution in [0.1, 0.15) is 16.7 Å². The van der Waals surface area contributed by atoms with Gasteiger partial charge in [0.2, 0.25) is 0 Å². The SMILES string of the molecule is Cc1cc(C#N)cc(CC#N)c1[N+](=O)[O-]. The van der Waals surface area contributed by atoms with Crippen molar-refractivity contribution in [2.75, 3.05) is 0 Å². The van der Waals surface area contributed by atoms with E-state index in [-0.39, 0.29) is 12.1 Å². The molecule has 0 N–H and O–H groups in total. The van der Waals surface area contributed by atoms with Crippen LogP contribution in [-0.2, 0) is 6.42 Å². The van der Waals surface area contributed by atoms with Gasteiger partial charge in [0, 0.05) is 11.1 Å². The topological polar surface area (TPSA) is 90.7 Å². The van der Waals surface area contributed by atoms with E-state index in [4.69, 9.17) is 10.5 Å². The lowest BCUT2D eigenvalue weighted by Gasteiger charge is -2.02. The Hall–Kier alpha value is -2.40. The van der Waals surface area contributed by atoms with E-state index in [1.807, 2.05) is 12.1 Å². The van der Waals surface area contributed by atoms with Crippen molar-refractivity contribution in [2.45, 2.75) is 13.3 Å². The molecule has 15 heavy (non-hydrogen) atoms. The second-order valence-electron chi connectivity index (χ2n) is 3.00. The quantitative estimate of drug-likeness (QED) is 0.539. The van der Waals surface area contributed by atoms with Gasteiger partial charge < -0.3 is 0 Å². The van der Waals surface area contributed by atoms with Crippen LogP contribution in [-0.4, -0.2) is 4.92 Å². The zero-order valence-corrected chi connectivity index (χ0v) is 8.02. The number of nitriles is 2. The lowest BCUT2D eigenvalue weighted by atomic mass is 10.0. The molecule has 0 bridgehead atoms. The first-order valence-electron chi connectivity index (χ1n) is 4.15. The molecule has 0 aliphatic rings. The largest absolute Gasteiger partial charge is 0.276 e. The molecule has 0 aliphatic heterocycles. The average molecular weight is 201 g/mol. The molecule has 5 nitrogen and oxygen atoms in total. The molecule has 0 saturated carbocycles. The highest BCUT2D eigenvalue weighted by molar-refractivity contribution is 5.53. The number of hydrogen-bond acceptors (Lipinski definition) is 4. The third-order valence-corrected chi connectivity index (χ3v) is 1.96. The van der Waals surface area contributed by atoms with Crippen LogP contribution in [0.4, 0.5) is 5.69 Å². The summed E-state index contributed by atoms with van der Waals surface area (Å²) in [6, 6.07) is 6.57. The number of aryl methyl sites for hydroxylation is 1. The third kappa shape index (κ3) is 2.09. The van der Waals surface area contributed by atoms with Crippen LogP contribution >= 0.6 is 0 Å². The molecule has 0 fully saturated rings. The number of nitro groups is 1. The van der Waals surface area contributed by atoms with Crippen molar-refractivity contribution in [2.24, 2.45) is 0 Å². The van der Waals surface area contributed by atoms with E-state index in [9.17, 15) is 10.1 Å². The Kier molecular flexibility index (Phi) is 3.00. The molecule has 0 aliphatic carbocycles. The molecular weight excluding hydrogens is 194 g/mol. The van der Waals surface area contributed by atoms with Gasteiger partial charge in [-0.1, -0.05) is 0 Å². The van der Waals surface area contributed by atoms with Crippen LogP contribution in [0.15, 0.2) is 12.1 Å². The van der Waals surface area contributed by atoms with E-state index < -0.39 is 4.92 Å². The van der Waals surface area contributed by atoms with E-state index >= 15 is 0 Å². The maximum Gasteiger partial charge on any atom is 0.276 e. The minimum absolute atomic E-state index is 0.0628. The molecule has 74 valence electrons. The summed E-state index contributed by atoms with van der Waals surface area (Å²) in [6.07, 6.45) is -0.0628. The van der Waals surface area contributed by atoms with Crippen molar-refractivity contribution in [1.82, 2.24) is 0 Å². The van der Waals surface area contributed by atoms with Gasteiger partial charge in [-0.3, -0.25) is 10.1 Å². The standard InChI is InChI=1S/C10H7N3O2/c1-7-4-8(6-12)5-9(2-3-11)10(7)13(14)15/h4-5H,2H2,1H3. The molecule has 0 aromatic heterocycles. The highest BCUT2D eigenvalue weighted by atomic mass is 16.6. The van der Waals surface area contributed by atoms with Crippen molar-refractivity contribution in [3.05, 3.63) is 38.9 Å². The molecule has 0 saturated heterocycles. The Morgan fingerprint density at radius 3 is 2.60 bits per heavy atom. The van der Waals surface area contributed by atoms with Gasteiger partial charge in [-0.25, -0.2) is 0 Å². The normalized spacial score (nSPS) is 9.00. The predicted molar refractivity (Wildman–Crippen MR) is 51.9 cm³/mol. The molecular formula is C10H7N3O2. The summed E-state index contributed by atoms with van der Waals surface area (Å²) in [5, 5.41) is 27.9. The number of nitro benzene ring substituents is 1. The molecule has 5 heteroatoms. The number of rotatable bonds is 2. The molecule has 1 aromatic rings. The Morgan fingerprint density at radius 1 is 1.47 bits per heavy atom. The zero-order valence-electron chi connectivity index (χ0n) is 8.02. The van der Waals surface area contributed by atoms with Gasteiger partial charge in [0.1, 0.15) is 0 Å². The molecule has 1 rings (SSSR count). The van der Waals surface area contributed by atoms with Crippen molar-refractivity contribution < 1.29 is 4.92 Å². The second kappa shape index (κ2) is 4.21. The van der Waals surface area contributed by atoms with Crippen LogP contribution in [0.5, 0.6) is 0 Å². The predicted octanol–water partition coefficient (Wildman–Crippen LogP) is 1.84. The Morgan fingerprint density at radius 2 is 2.13 bits per heavy atom. The number of nitrogens with zero attached hydrogens (tertiary/aromatic N) is 3. The monoisotopic (exact) mass is 201 g/mol. The van der Waals surface area contributed by atoms with E-state index in [0.717, 1.165) is 0 Å². The second-order valence-corrected chi connectivity index (χ2v) is 3.00. The summed E-state index contributed by atoms with van der Waals surface area (Å²) in [7, 11) is 0. The third-order valence-electron chi connectivity index (χ3n) is 1.96. The van der Waals surface area contributed by atoms with Crippen LogP contribution in [0.2, 0.25) is 0 Å². The van der Waals surface area contributed by atoms with Crippen LogP contribution < -0.4 is 0 Å². The van der Waals surface area contributed by atoms with Gasteiger partial charge >= 0.3 is 0 Å². The van der Waals surface area contributed by atoms with Crippen LogP contribution in [0.3, 0.4) is 0 Å². The number of benzene rings is 1. The Labute approximate surface area is 86.3 Å². The van der Waals surface area contributed by atoms with Gasteiger partial charge in [0.15, 0.2) is 0 Å². The molecule has 1 aromatic carbocycles. The van der Waals surface area contributed by atoms with Gasteiger partial charge in [0.25, 0.3) is 5.69 Å². The first-order valence-corrected chi connectivity index (χ1v) is 4.15. The van der Waals surface area contributed by atoms with Crippen LogP contribution in [0.25, 0.3) is 0 Å². The van der Waals surface area contributed by atoms with Gasteiger partial charge in [0.05, 0.1) is 29.0 Å². The van der Waals surface area contributed by atoms with Crippen molar-refractivity contribution in [1.29, 1.82) is 10.5 Å². The molecule has 0 radical (unpaired) electrons. The Bertz CT molecular complexity index is 495. The first kappa shape index (κ1) is 10.7. The average Bonchev–Trinajstić information content (AvgIpc) is 2.16. The first-order chi connectivity index (χ1) is 7.10. The Balaban J connectivity index is 3.45. The van der Waals surface area contributed by atoms with E-state index in [2.05, 4.69) is 0 Å². The van der Waals surface area contributed by atoms with Crippen molar-refractivity contribution in [3.8, 4) is 12.1 Å². The summed E-state index contributed by atoms with van der Waals surface area (Å²) < 4.78 is 0. The summed E-state index contributed by atoms with van der Waals surface area (Å²) in [4.78, 5) is 10.2. The molecule has 0 heterocycles. The maximum atomic E-state index is 10.7. The van der Waals surface area contributed by atoms with E-state index in [1.165, 1.54) is 12.1 Å². The lowest BCUT2D eigenvalue weighted by Crippen LogP contribution is -1.98.